The number of nitrogens with one attached hydrogen (secondary N) is 1. The van der Waals surface area contributed by atoms with Crippen LogP contribution >= 0.6 is 0 Å². The standard InChI is InChI=1S/C14H17N3O/c1-16-8-9-17(14(16)18)12-5-2-4-11(10-12)13-6-3-7-15-13/h2,4-5,8-10,13,15H,3,6-7H2,1H3. The van der Waals surface area contributed by atoms with Gasteiger partial charge in [-0.15, -0.1) is 0 Å². The van der Waals surface area contributed by atoms with Crippen molar-refractivity contribution < 1.29 is 0 Å². The van der Waals surface area contributed by atoms with Gasteiger partial charge in [-0.25, -0.2) is 4.79 Å². The van der Waals surface area contributed by atoms with Crippen LogP contribution in [0.3, 0.4) is 0 Å². The van der Waals surface area contributed by atoms with Crippen LogP contribution in [0.15, 0.2) is 41.5 Å². The normalized spacial score (nSPS) is 19.3. The molecule has 1 aromatic heterocycles. The zero-order valence-electron chi connectivity index (χ0n) is 10.5. The number of imidazole rings is 1. The minimum Gasteiger partial charge on any atom is -0.310 e. The molecule has 0 amide bonds. The van der Waals surface area contributed by atoms with Crippen LogP contribution < -0.4 is 11.0 Å². The van der Waals surface area contributed by atoms with Gasteiger partial charge in [0, 0.05) is 25.5 Å². The molecule has 2 heterocycles. The van der Waals surface area contributed by atoms with Crippen molar-refractivity contribution in [1.82, 2.24) is 14.5 Å². The lowest BCUT2D eigenvalue weighted by Crippen LogP contribution is -2.20. The minimum atomic E-state index is -0.00784. The second kappa shape index (κ2) is 4.46. The Morgan fingerprint density at radius 3 is 2.89 bits per heavy atom. The number of nitrogens with zero attached hydrogens (tertiary/aromatic N) is 2. The molecule has 3 rings (SSSR count). The molecule has 0 aliphatic carbocycles. The van der Waals surface area contributed by atoms with Crippen molar-refractivity contribution in [1.29, 1.82) is 0 Å². The molecular weight excluding hydrogens is 226 g/mol. The second-order valence-corrected chi connectivity index (χ2v) is 4.81. The van der Waals surface area contributed by atoms with Crippen LogP contribution in [0.5, 0.6) is 0 Å². The zero-order chi connectivity index (χ0) is 12.5. The Kier molecular flexibility index (Phi) is 2.80. The van der Waals surface area contributed by atoms with Crippen molar-refractivity contribution >= 4 is 0 Å². The first-order chi connectivity index (χ1) is 8.75. The summed E-state index contributed by atoms with van der Waals surface area (Å²) in [6, 6.07) is 8.65. The molecule has 0 saturated carbocycles. The Balaban J connectivity index is 2.00. The van der Waals surface area contributed by atoms with Gasteiger partial charge in [0.25, 0.3) is 0 Å². The molecule has 94 valence electrons. The summed E-state index contributed by atoms with van der Waals surface area (Å²) in [5.74, 6) is 0. The van der Waals surface area contributed by atoms with Gasteiger partial charge < -0.3 is 9.88 Å². The number of benzene rings is 1. The van der Waals surface area contributed by atoms with Crippen LogP contribution in [-0.2, 0) is 7.05 Å². The SMILES string of the molecule is Cn1ccn(-c2cccc(C3CCCN3)c2)c1=O. The summed E-state index contributed by atoms with van der Waals surface area (Å²) >= 11 is 0. The van der Waals surface area contributed by atoms with E-state index in [-0.39, 0.29) is 5.69 Å². The summed E-state index contributed by atoms with van der Waals surface area (Å²) in [7, 11) is 1.77. The highest BCUT2D eigenvalue weighted by Crippen LogP contribution is 2.24. The molecular formula is C14H17N3O. The lowest BCUT2D eigenvalue weighted by Gasteiger charge is -2.12. The van der Waals surface area contributed by atoms with Crippen molar-refractivity contribution in [2.75, 3.05) is 6.54 Å². The molecule has 1 atom stereocenters. The van der Waals surface area contributed by atoms with Gasteiger partial charge in [-0.3, -0.25) is 4.57 Å². The van der Waals surface area contributed by atoms with Crippen LogP contribution in [0.25, 0.3) is 5.69 Å². The van der Waals surface area contributed by atoms with E-state index in [2.05, 4.69) is 17.4 Å². The van der Waals surface area contributed by atoms with E-state index >= 15 is 0 Å². The first-order valence-electron chi connectivity index (χ1n) is 6.33. The molecule has 0 spiro atoms. The van der Waals surface area contributed by atoms with Gasteiger partial charge in [0.05, 0.1) is 5.69 Å². The average Bonchev–Trinajstić information content (AvgIpc) is 3.02. The van der Waals surface area contributed by atoms with Crippen molar-refractivity contribution in [3.05, 3.63) is 52.7 Å². The first-order valence-corrected chi connectivity index (χ1v) is 6.33. The van der Waals surface area contributed by atoms with Gasteiger partial charge in [0.2, 0.25) is 0 Å². The van der Waals surface area contributed by atoms with Crippen LogP contribution in [0.1, 0.15) is 24.4 Å². The molecule has 4 heteroatoms. The fourth-order valence-electron chi connectivity index (χ4n) is 2.52. The van der Waals surface area contributed by atoms with E-state index in [1.807, 2.05) is 18.3 Å². The van der Waals surface area contributed by atoms with Gasteiger partial charge in [-0.05, 0) is 37.1 Å². The summed E-state index contributed by atoms with van der Waals surface area (Å²) in [5.41, 5.74) is 2.19. The molecule has 2 aromatic rings. The van der Waals surface area contributed by atoms with E-state index in [4.69, 9.17) is 0 Å². The Labute approximate surface area is 106 Å². The Morgan fingerprint density at radius 1 is 1.33 bits per heavy atom. The van der Waals surface area contributed by atoms with Crippen molar-refractivity contribution in [3.63, 3.8) is 0 Å². The van der Waals surface area contributed by atoms with E-state index in [1.54, 1.807) is 22.4 Å². The van der Waals surface area contributed by atoms with Gasteiger partial charge in [-0.2, -0.15) is 0 Å². The third kappa shape index (κ3) is 1.88. The summed E-state index contributed by atoms with van der Waals surface area (Å²) < 4.78 is 3.26. The molecule has 4 nitrogen and oxygen atoms in total. The van der Waals surface area contributed by atoms with Crippen molar-refractivity contribution in [2.45, 2.75) is 18.9 Å². The van der Waals surface area contributed by atoms with Gasteiger partial charge in [-0.1, -0.05) is 12.1 Å². The van der Waals surface area contributed by atoms with Crippen molar-refractivity contribution in [3.8, 4) is 5.69 Å². The summed E-state index contributed by atoms with van der Waals surface area (Å²) in [6.07, 6.45) is 5.99. The highest BCUT2D eigenvalue weighted by atomic mass is 16.1. The van der Waals surface area contributed by atoms with Crippen LogP contribution in [-0.4, -0.2) is 15.7 Å². The van der Waals surface area contributed by atoms with Crippen LogP contribution in [0.4, 0.5) is 0 Å². The van der Waals surface area contributed by atoms with E-state index in [0.717, 1.165) is 12.2 Å². The fraction of sp³-hybridized carbons (Fsp3) is 0.357. The maximum absolute atomic E-state index is 11.9. The molecule has 1 unspecified atom stereocenters. The van der Waals surface area contributed by atoms with Gasteiger partial charge in [0.1, 0.15) is 0 Å². The number of aryl methyl sites for hydroxylation is 1. The predicted molar refractivity (Wildman–Crippen MR) is 71.0 cm³/mol. The molecule has 1 N–H and O–H groups in total. The van der Waals surface area contributed by atoms with E-state index in [9.17, 15) is 4.79 Å². The molecule has 1 aromatic carbocycles. The van der Waals surface area contributed by atoms with Crippen LogP contribution in [0.2, 0.25) is 0 Å². The number of rotatable bonds is 2. The molecule has 1 aliphatic heterocycles. The second-order valence-electron chi connectivity index (χ2n) is 4.81. The molecule has 0 bridgehead atoms. The lowest BCUT2D eigenvalue weighted by molar-refractivity contribution is 0.647. The monoisotopic (exact) mass is 243 g/mol. The molecule has 18 heavy (non-hydrogen) atoms. The van der Waals surface area contributed by atoms with Crippen LogP contribution in [0, 0.1) is 0 Å². The summed E-state index contributed by atoms with van der Waals surface area (Å²) in [5, 5.41) is 3.48. The maximum Gasteiger partial charge on any atom is 0.332 e. The number of hydrogen-bond donors (Lipinski definition) is 1. The predicted octanol–water partition coefficient (Wildman–Crippen LogP) is 1.60. The maximum atomic E-state index is 11.9. The number of hydrogen-bond acceptors (Lipinski definition) is 2. The van der Waals surface area contributed by atoms with Gasteiger partial charge in [0.15, 0.2) is 0 Å². The molecule has 1 aliphatic rings. The van der Waals surface area contributed by atoms with E-state index in [1.165, 1.54) is 18.4 Å². The minimum absolute atomic E-state index is 0.00784. The third-order valence-corrected chi connectivity index (χ3v) is 3.56. The van der Waals surface area contributed by atoms with Crippen molar-refractivity contribution in [2.24, 2.45) is 7.05 Å². The summed E-state index contributed by atoms with van der Waals surface area (Å²) in [6.45, 7) is 1.08. The van der Waals surface area contributed by atoms with E-state index in [0.29, 0.717) is 6.04 Å². The Bertz CT molecular complexity index is 605. The molecule has 0 radical (unpaired) electrons. The topological polar surface area (TPSA) is 39.0 Å². The lowest BCUT2D eigenvalue weighted by atomic mass is 10.0. The highest BCUT2D eigenvalue weighted by molar-refractivity contribution is 5.37. The fourth-order valence-corrected chi connectivity index (χ4v) is 2.52. The largest absolute Gasteiger partial charge is 0.332 e. The third-order valence-electron chi connectivity index (χ3n) is 3.56. The average molecular weight is 243 g/mol. The first kappa shape index (κ1) is 11.3. The Morgan fingerprint density at radius 2 is 2.22 bits per heavy atom. The van der Waals surface area contributed by atoms with Gasteiger partial charge >= 0.3 is 5.69 Å². The molecule has 1 fully saturated rings. The molecule has 1 saturated heterocycles. The smallest absolute Gasteiger partial charge is 0.310 e. The number of aromatic nitrogens is 2. The Hall–Kier alpha value is -1.81. The quantitative estimate of drug-likeness (QED) is 0.870. The summed E-state index contributed by atoms with van der Waals surface area (Å²) in [4.78, 5) is 11.9. The zero-order valence-corrected chi connectivity index (χ0v) is 10.5. The van der Waals surface area contributed by atoms with E-state index < -0.39 is 0 Å². The highest BCUT2D eigenvalue weighted by Gasteiger charge is 2.16.